The number of phenols is 1. The van der Waals surface area contributed by atoms with E-state index in [0.29, 0.717) is 23.9 Å². The van der Waals surface area contributed by atoms with Crippen LogP contribution in [0.5, 0.6) is 11.5 Å². The van der Waals surface area contributed by atoms with Crippen molar-refractivity contribution in [3.05, 3.63) is 160 Å². The average molecular weight is 972 g/mol. The van der Waals surface area contributed by atoms with E-state index >= 15 is 0 Å². The number of allylic oxidation sites excluding steroid dienone is 2. The SMILES string of the molecule is C.CC(=O)Oc1ccc(/C=C/C2=[N+](C)c3ccccc3C2(C)C)cc1/C=C/C1=[N+](C)c2ccccc2C1(C)C.CC1=[N+](C)c2ccccc2C1(C)C.O=Cc1ccc(O)c(C=O)c1.[I-]. The summed E-state index contributed by atoms with van der Waals surface area (Å²) in [5.74, 6) is 0.121. The molecule has 0 unspecified atom stereocenters. The molecule has 0 aliphatic carbocycles. The molecule has 8 nitrogen and oxygen atoms in total. The number of carbonyl (C=O) groups is 3. The largest absolute Gasteiger partial charge is 1.00 e. The molecular weight excluding hydrogens is 910 g/mol. The topological polar surface area (TPSA) is 89.7 Å². The van der Waals surface area contributed by atoms with Gasteiger partial charge in [-0.3, -0.25) is 14.4 Å². The maximum Gasteiger partial charge on any atom is 0.308 e. The van der Waals surface area contributed by atoms with Crippen LogP contribution in [0.4, 0.5) is 17.1 Å². The fraction of sp³-hybridized carbons (Fsp3) is 0.273. The van der Waals surface area contributed by atoms with Gasteiger partial charge in [0.05, 0.1) is 21.8 Å². The summed E-state index contributed by atoms with van der Waals surface area (Å²) in [5, 5.41) is 8.98. The Hall–Kier alpha value is -6.07. The van der Waals surface area contributed by atoms with Crippen LogP contribution in [0, 0.1) is 0 Å². The van der Waals surface area contributed by atoms with Gasteiger partial charge in [-0.1, -0.05) is 68.1 Å². The standard InChI is InChI=1S/C34H36N2O2.C12H16N.C8H6O3.CH4.HI/c1-23(37)38-30-19-16-24(17-20-31-33(2,3)26-12-8-10-14-28(26)35(31)6)22-25(30)18-21-32-34(4,5)27-13-9-11-15-29(27)36(32)7;1-9-12(2,3)10-7-5-6-8-11(10)13(9)4;9-4-6-1-2-8(11)7(3-6)5-10;;/h8-22H,1-7H3;5-8H,1-4H3;1-5,11H;1H4;1H/q+2;+1;;;/p-1/b20-17+,21-18+;;;;. The molecule has 0 bridgehead atoms. The molecule has 64 heavy (non-hydrogen) atoms. The predicted molar refractivity (Wildman–Crippen MR) is 258 cm³/mol. The minimum atomic E-state index is -0.330. The van der Waals surface area contributed by atoms with E-state index in [1.54, 1.807) is 0 Å². The number of hydrogen-bond acceptors (Lipinski definition) is 5. The molecule has 8 rings (SSSR count). The quantitative estimate of drug-likeness (QED) is 0.0582. The van der Waals surface area contributed by atoms with Crippen LogP contribution in [-0.2, 0) is 21.0 Å². The number of benzene rings is 5. The van der Waals surface area contributed by atoms with Crippen LogP contribution in [0.3, 0.4) is 0 Å². The lowest BCUT2D eigenvalue weighted by Gasteiger charge is -2.15. The van der Waals surface area contributed by atoms with Crippen LogP contribution in [0.15, 0.2) is 121 Å². The summed E-state index contributed by atoms with van der Waals surface area (Å²) in [6.07, 6.45) is 9.67. The number of nitrogens with zero attached hydrogens (tertiary/aromatic N) is 3. The minimum absolute atomic E-state index is 0. The summed E-state index contributed by atoms with van der Waals surface area (Å²) in [6.45, 7) is 17.2. The number of aldehydes is 2. The van der Waals surface area contributed by atoms with E-state index < -0.39 is 0 Å². The normalized spacial score (nSPS) is 15.8. The molecular formula is C55H62IN3O5+2. The van der Waals surface area contributed by atoms with E-state index in [9.17, 15) is 14.4 Å². The molecule has 5 aromatic rings. The minimum Gasteiger partial charge on any atom is -1.00 e. The molecule has 3 heterocycles. The molecule has 0 saturated carbocycles. The van der Waals surface area contributed by atoms with Crippen molar-refractivity contribution in [2.24, 2.45) is 0 Å². The molecule has 0 fully saturated rings. The van der Waals surface area contributed by atoms with Gasteiger partial charge in [-0.15, -0.1) is 0 Å². The Morgan fingerprint density at radius 1 is 0.562 bits per heavy atom. The highest BCUT2D eigenvalue weighted by molar-refractivity contribution is 6.06. The smallest absolute Gasteiger partial charge is 0.308 e. The van der Waals surface area contributed by atoms with Gasteiger partial charge in [0.2, 0.25) is 17.1 Å². The highest BCUT2D eigenvalue weighted by atomic mass is 127. The zero-order chi connectivity index (χ0) is 45.1. The fourth-order valence-electron chi connectivity index (χ4n) is 8.83. The fourth-order valence-corrected chi connectivity index (χ4v) is 8.83. The third kappa shape index (κ3) is 9.84. The number of rotatable bonds is 7. The number of fused-ring (bicyclic) bond motifs is 3. The van der Waals surface area contributed by atoms with Gasteiger partial charge in [0, 0.05) is 72.0 Å². The van der Waals surface area contributed by atoms with E-state index in [4.69, 9.17) is 9.84 Å². The Kier molecular flexibility index (Phi) is 16.0. The number of carbonyl (C=O) groups excluding carboxylic acids is 3. The second kappa shape index (κ2) is 20.2. The third-order valence-corrected chi connectivity index (χ3v) is 12.7. The van der Waals surface area contributed by atoms with Gasteiger partial charge in [0.25, 0.3) is 0 Å². The Morgan fingerprint density at radius 2 is 1.00 bits per heavy atom. The number of para-hydroxylation sites is 3. The van der Waals surface area contributed by atoms with Gasteiger partial charge < -0.3 is 33.8 Å². The molecule has 0 amide bonds. The molecule has 0 atom stereocenters. The molecule has 332 valence electrons. The molecule has 3 aliphatic rings. The van der Waals surface area contributed by atoms with E-state index in [1.807, 2.05) is 12.1 Å². The maximum absolute atomic E-state index is 11.8. The first-order chi connectivity index (χ1) is 29.3. The van der Waals surface area contributed by atoms with Gasteiger partial charge in [0.15, 0.2) is 23.4 Å². The Labute approximate surface area is 396 Å². The predicted octanol–water partition coefficient (Wildman–Crippen LogP) is 8.42. The molecule has 0 radical (unpaired) electrons. The van der Waals surface area contributed by atoms with Crippen molar-refractivity contribution in [3.63, 3.8) is 0 Å². The lowest BCUT2D eigenvalue weighted by molar-refractivity contribution is -0.403. The van der Waals surface area contributed by atoms with Crippen LogP contribution >= 0.6 is 0 Å². The lowest BCUT2D eigenvalue weighted by atomic mass is 9.81. The van der Waals surface area contributed by atoms with Gasteiger partial charge >= 0.3 is 5.97 Å². The first-order valence-corrected chi connectivity index (χ1v) is 20.8. The summed E-state index contributed by atoms with van der Waals surface area (Å²) < 4.78 is 12.4. The zero-order valence-electron chi connectivity index (χ0n) is 38.2. The van der Waals surface area contributed by atoms with Crippen molar-refractivity contribution < 1.29 is 61.9 Å². The second-order valence-corrected chi connectivity index (χ2v) is 17.6. The van der Waals surface area contributed by atoms with Crippen LogP contribution in [-0.4, -0.2) is 75.7 Å². The zero-order valence-corrected chi connectivity index (χ0v) is 40.3. The van der Waals surface area contributed by atoms with Gasteiger partial charge in [-0.05, 0) is 89.6 Å². The van der Waals surface area contributed by atoms with E-state index in [-0.39, 0.29) is 64.9 Å². The highest BCUT2D eigenvalue weighted by Gasteiger charge is 2.44. The van der Waals surface area contributed by atoms with Crippen molar-refractivity contribution in [2.75, 3.05) is 21.1 Å². The van der Waals surface area contributed by atoms with E-state index in [2.05, 4.69) is 187 Å². The maximum atomic E-state index is 11.8. The van der Waals surface area contributed by atoms with Crippen molar-refractivity contribution in [2.45, 2.75) is 79.1 Å². The van der Waals surface area contributed by atoms with Gasteiger partial charge in [-0.25, -0.2) is 4.58 Å². The Morgan fingerprint density at radius 3 is 1.45 bits per heavy atom. The Balaban J connectivity index is 0.000000281. The molecule has 3 aliphatic heterocycles. The van der Waals surface area contributed by atoms with Gasteiger partial charge in [0.1, 0.15) is 38.9 Å². The highest BCUT2D eigenvalue weighted by Crippen LogP contribution is 2.41. The van der Waals surface area contributed by atoms with Crippen molar-refractivity contribution in [1.29, 1.82) is 0 Å². The number of hydrogen-bond donors (Lipinski definition) is 1. The summed E-state index contributed by atoms with van der Waals surface area (Å²) in [4.78, 5) is 32.3. The number of aromatic hydroxyl groups is 1. The molecule has 0 spiro atoms. The lowest BCUT2D eigenvalue weighted by Crippen LogP contribution is -3.00. The van der Waals surface area contributed by atoms with Gasteiger partial charge in [-0.2, -0.15) is 9.15 Å². The third-order valence-electron chi connectivity index (χ3n) is 12.7. The summed E-state index contributed by atoms with van der Waals surface area (Å²) >= 11 is 0. The summed E-state index contributed by atoms with van der Waals surface area (Å²) in [5.41, 5.74) is 14.1. The summed E-state index contributed by atoms with van der Waals surface area (Å²) in [7, 11) is 6.37. The average Bonchev–Trinajstić information content (AvgIpc) is 3.66. The van der Waals surface area contributed by atoms with Crippen molar-refractivity contribution in [1.82, 2.24) is 0 Å². The van der Waals surface area contributed by atoms with Crippen LogP contribution in [0.2, 0.25) is 0 Å². The summed E-state index contributed by atoms with van der Waals surface area (Å²) in [6, 6.07) is 35.8. The first-order valence-electron chi connectivity index (χ1n) is 20.8. The second-order valence-electron chi connectivity index (χ2n) is 17.6. The van der Waals surface area contributed by atoms with Crippen LogP contribution in [0.1, 0.15) is 111 Å². The Bertz CT molecular complexity index is 2770. The molecule has 0 aromatic heterocycles. The number of esters is 1. The van der Waals surface area contributed by atoms with Crippen LogP contribution < -0.4 is 28.7 Å². The number of halogens is 1. The molecule has 0 saturated heterocycles. The molecule has 1 N–H and O–H groups in total. The number of phenolic OH excluding ortho intramolecular Hbond substituents is 1. The van der Waals surface area contributed by atoms with E-state index in [1.165, 1.54) is 76.0 Å². The van der Waals surface area contributed by atoms with Crippen molar-refractivity contribution in [3.8, 4) is 11.5 Å². The molecule has 5 aromatic carbocycles. The monoisotopic (exact) mass is 971 g/mol. The van der Waals surface area contributed by atoms with E-state index in [0.717, 1.165) is 11.1 Å². The first kappa shape index (κ1) is 50.6. The van der Waals surface area contributed by atoms with Crippen LogP contribution in [0.25, 0.3) is 12.2 Å². The van der Waals surface area contributed by atoms with Crippen molar-refractivity contribution >= 4 is 64.9 Å². The molecule has 9 heteroatoms. The number of ether oxygens (including phenoxy) is 1.